The van der Waals surface area contributed by atoms with Crippen LogP contribution in [0.5, 0.6) is 0 Å². The minimum Gasteiger partial charge on any atom is -0.298 e. The number of alkyl halides is 3. The fraction of sp³-hybridized carbons (Fsp3) is 0.150. The molecule has 0 aliphatic carbocycles. The van der Waals surface area contributed by atoms with Crippen molar-refractivity contribution < 1.29 is 18.0 Å². The molecule has 0 aliphatic rings. The molecular formula is C20H16Cl2F3N3O. The molecule has 4 nitrogen and oxygen atoms in total. The number of halogens is 5. The van der Waals surface area contributed by atoms with Crippen molar-refractivity contribution >= 4 is 54.3 Å². The molecule has 152 valence electrons. The summed E-state index contributed by atoms with van der Waals surface area (Å²) < 4.78 is 40.8. The summed E-state index contributed by atoms with van der Waals surface area (Å²) in [5, 5.41) is 5.23. The lowest BCUT2D eigenvalue weighted by atomic mass is 9.96. The molecule has 0 aromatic heterocycles. The molecule has 2 aromatic carbocycles. The van der Waals surface area contributed by atoms with E-state index in [1.165, 1.54) is 48.7 Å². The van der Waals surface area contributed by atoms with Crippen LogP contribution in [0.2, 0.25) is 10.0 Å². The first-order valence-corrected chi connectivity index (χ1v) is 8.93. The molecule has 0 saturated heterocycles. The van der Waals surface area contributed by atoms with Gasteiger partial charge < -0.3 is 0 Å². The zero-order valence-corrected chi connectivity index (χ0v) is 16.7. The highest BCUT2D eigenvalue weighted by molar-refractivity contribution is 6.34. The second-order valence-electron chi connectivity index (χ2n) is 5.88. The number of rotatable bonds is 7. The average molecular weight is 442 g/mol. The minimum absolute atomic E-state index is 0.0836. The predicted octanol–water partition coefficient (Wildman–Crippen LogP) is 6.25. The van der Waals surface area contributed by atoms with E-state index in [9.17, 15) is 18.0 Å². The zero-order chi connectivity index (χ0) is 21.6. The van der Waals surface area contributed by atoms with Crippen LogP contribution in [0.4, 0.5) is 18.9 Å². The van der Waals surface area contributed by atoms with Crippen LogP contribution in [0.25, 0.3) is 6.08 Å². The van der Waals surface area contributed by atoms with E-state index >= 15 is 0 Å². The maximum atomic E-state index is 13.6. The van der Waals surface area contributed by atoms with E-state index in [-0.39, 0.29) is 21.2 Å². The highest BCUT2D eigenvalue weighted by atomic mass is 35.5. The van der Waals surface area contributed by atoms with Crippen LogP contribution in [0.15, 0.2) is 52.6 Å². The molecule has 29 heavy (non-hydrogen) atoms. The van der Waals surface area contributed by atoms with Gasteiger partial charge >= 0.3 is 6.18 Å². The second-order valence-corrected chi connectivity index (χ2v) is 6.75. The van der Waals surface area contributed by atoms with Crippen molar-refractivity contribution in [2.75, 3.05) is 12.1 Å². The fourth-order valence-electron chi connectivity index (χ4n) is 2.64. The Morgan fingerprint density at radius 1 is 1.14 bits per heavy atom. The topological polar surface area (TPSA) is 45.0 Å². The molecule has 2 aromatic rings. The summed E-state index contributed by atoms with van der Waals surface area (Å²) in [7, 11) is 1.52. The number of anilines is 1. The van der Waals surface area contributed by atoms with Gasteiger partial charge in [-0.05, 0) is 41.5 Å². The van der Waals surface area contributed by atoms with Gasteiger partial charge in [0.25, 0.3) is 0 Å². The van der Waals surface area contributed by atoms with Crippen LogP contribution in [0, 0.1) is 0 Å². The summed E-state index contributed by atoms with van der Waals surface area (Å²) in [5.74, 6) is -1.92. The Bertz CT molecular complexity index is 938. The Morgan fingerprint density at radius 3 is 2.31 bits per heavy atom. The third-order valence-corrected chi connectivity index (χ3v) is 4.32. The summed E-state index contributed by atoms with van der Waals surface area (Å²) in [5.41, 5.74) is 0.927. The molecule has 0 bridgehead atoms. The number of hydrogen-bond donors (Lipinski definition) is 0. The molecule has 0 aliphatic heterocycles. The first-order chi connectivity index (χ1) is 13.7. The molecule has 0 N–H and O–H groups in total. The first kappa shape index (κ1) is 22.6. The quantitative estimate of drug-likeness (QED) is 0.220. The number of benzene rings is 2. The third-order valence-electron chi connectivity index (χ3n) is 3.88. The highest BCUT2D eigenvalue weighted by Gasteiger charge is 2.39. The molecule has 9 heteroatoms. The normalized spacial score (nSPS) is 13.0. The van der Waals surface area contributed by atoms with E-state index in [2.05, 4.69) is 16.8 Å². The third kappa shape index (κ3) is 5.92. The molecule has 0 saturated carbocycles. The van der Waals surface area contributed by atoms with Gasteiger partial charge in [-0.3, -0.25) is 9.79 Å². The van der Waals surface area contributed by atoms with E-state index in [1.54, 1.807) is 12.1 Å². The van der Waals surface area contributed by atoms with Gasteiger partial charge in [-0.1, -0.05) is 41.4 Å². The van der Waals surface area contributed by atoms with Gasteiger partial charge in [-0.25, -0.2) is 5.01 Å². The molecule has 1 atom stereocenters. The lowest BCUT2D eigenvalue weighted by Gasteiger charge is -2.18. The molecule has 1 unspecified atom stereocenters. The standard InChI is InChI=1S/C20H16Cl2F3N3O/c1-26-12-28(27-2)19-6-4-13(7-15(19)11-29)3-5-18(20(23,24)25)14-8-16(21)10-17(22)9-14/h3-12,18H,2H2,1H3/b5-3+,26-12-. The van der Waals surface area contributed by atoms with Crippen LogP contribution >= 0.6 is 23.2 Å². The number of hydrazone groups is 1. The second kappa shape index (κ2) is 9.71. The zero-order valence-electron chi connectivity index (χ0n) is 15.2. The van der Waals surface area contributed by atoms with E-state index in [4.69, 9.17) is 23.2 Å². The van der Waals surface area contributed by atoms with Crippen molar-refractivity contribution in [3.63, 3.8) is 0 Å². The number of nitrogens with zero attached hydrogens (tertiary/aromatic N) is 3. The van der Waals surface area contributed by atoms with E-state index in [0.717, 1.165) is 6.08 Å². The Labute approximate surface area is 176 Å². The molecule has 2 rings (SSSR count). The Kier molecular flexibility index (Phi) is 7.59. The highest BCUT2D eigenvalue weighted by Crippen LogP contribution is 2.38. The van der Waals surface area contributed by atoms with Gasteiger partial charge in [-0.2, -0.15) is 18.3 Å². The summed E-state index contributed by atoms with van der Waals surface area (Å²) in [4.78, 5) is 15.2. The molecule has 0 fully saturated rings. The van der Waals surface area contributed by atoms with E-state index in [1.807, 2.05) is 0 Å². The number of aldehydes is 1. The number of hydrogen-bond acceptors (Lipinski definition) is 3. The molecule has 0 spiro atoms. The van der Waals surface area contributed by atoms with E-state index in [0.29, 0.717) is 17.5 Å². The van der Waals surface area contributed by atoms with Crippen molar-refractivity contribution in [2.45, 2.75) is 12.1 Å². The lowest BCUT2D eigenvalue weighted by Crippen LogP contribution is -2.19. The Morgan fingerprint density at radius 2 is 1.79 bits per heavy atom. The van der Waals surface area contributed by atoms with Crippen LogP contribution in [0.1, 0.15) is 27.4 Å². The monoisotopic (exact) mass is 441 g/mol. The maximum Gasteiger partial charge on any atom is 0.399 e. The van der Waals surface area contributed by atoms with Crippen molar-refractivity contribution in [1.82, 2.24) is 0 Å². The minimum atomic E-state index is -4.56. The SMILES string of the molecule is C=NN(/C=N\C)c1ccc(/C=C/C(c2cc(Cl)cc(Cl)c2)C(F)(F)F)cc1C=O. The Hall–Kier alpha value is -2.64. The van der Waals surface area contributed by atoms with Crippen molar-refractivity contribution in [1.29, 1.82) is 0 Å². The van der Waals surface area contributed by atoms with E-state index < -0.39 is 12.1 Å². The molecule has 0 radical (unpaired) electrons. The molecule has 0 amide bonds. The predicted molar refractivity (Wildman–Crippen MR) is 113 cm³/mol. The summed E-state index contributed by atoms with van der Waals surface area (Å²) >= 11 is 11.7. The average Bonchev–Trinajstić information content (AvgIpc) is 2.64. The van der Waals surface area contributed by atoms with Crippen LogP contribution < -0.4 is 5.01 Å². The van der Waals surface area contributed by atoms with Gasteiger partial charge in [0, 0.05) is 29.4 Å². The van der Waals surface area contributed by atoms with Gasteiger partial charge in [0.1, 0.15) is 6.34 Å². The summed E-state index contributed by atoms with van der Waals surface area (Å²) in [6.45, 7) is 3.40. The lowest BCUT2D eigenvalue weighted by molar-refractivity contribution is -0.139. The number of carbonyl (C=O) groups excluding carboxylic acids is 1. The van der Waals surface area contributed by atoms with Crippen molar-refractivity contribution in [2.24, 2.45) is 10.1 Å². The first-order valence-electron chi connectivity index (χ1n) is 8.18. The van der Waals surface area contributed by atoms with Crippen LogP contribution in [-0.2, 0) is 0 Å². The number of carbonyl (C=O) groups is 1. The summed E-state index contributed by atoms with van der Waals surface area (Å²) in [6.07, 6.45) is -0.356. The fourth-order valence-corrected chi connectivity index (χ4v) is 3.18. The number of allylic oxidation sites excluding steroid dienone is 1. The largest absolute Gasteiger partial charge is 0.399 e. The van der Waals surface area contributed by atoms with Gasteiger partial charge in [0.05, 0.1) is 11.6 Å². The number of aliphatic imine (C=N–C) groups is 1. The van der Waals surface area contributed by atoms with Crippen molar-refractivity contribution in [3.8, 4) is 0 Å². The summed E-state index contributed by atoms with van der Waals surface area (Å²) in [6, 6.07) is 8.33. The van der Waals surface area contributed by atoms with Crippen LogP contribution in [-0.4, -0.2) is 32.6 Å². The maximum absolute atomic E-state index is 13.6. The van der Waals surface area contributed by atoms with Gasteiger partial charge in [-0.15, -0.1) is 0 Å². The van der Waals surface area contributed by atoms with Crippen LogP contribution in [0.3, 0.4) is 0 Å². The van der Waals surface area contributed by atoms with Gasteiger partial charge in [0.2, 0.25) is 0 Å². The van der Waals surface area contributed by atoms with Crippen molar-refractivity contribution in [3.05, 3.63) is 69.2 Å². The Balaban J connectivity index is 2.43. The molecular weight excluding hydrogens is 426 g/mol. The van der Waals surface area contributed by atoms with Gasteiger partial charge in [0.15, 0.2) is 6.29 Å². The molecule has 0 heterocycles. The smallest absolute Gasteiger partial charge is 0.298 e.